The Morgan fingerprint density at radius 1 is 1.00 bits per heavy atom. The van der Waals surface area contributed by atoms with Gasteiger partial charge in [-0.1, -0.05) is 20.8 Å². The lowest BCUT2D eigenvalue weighted by Gasteiger charge is -2.22. The van der Waals surface area contributed by atoms with E-state index < -0.39 is 48.2 Å². The van der Waals surface area contributed by atoms with Gasteiger partial charge in [-0.2, -0.15) is 9.98 Å². The summed E-state index contributed by atoms with van der Waals surface area (Å²) >= 11 is 0. The highest BCUT2D eigenvalue weighted by Crippen LogP contribution is 2.36. The van der Waals surface area contributed by atoms with Crippen LogP contribution in [0.2, 0.25) is 0 Å². The van der Waals surface area contributed by atoms with Gasteiger partial charge in [-0.05, 0) is 69.5 Å². The molecule has 0 saturated carbocycles. The van der Waals surface area contributed by atoms with Crippen LogP contribution in [0.4, 0.5) is 14.9 Å². The molecule has 0 fully saturated rings. The number of amides is 1. The van der Waals surface area contributed by atoms with Gasteiger partial charge in [-0.3, -0.25) is 9.59 Å². The molecule has 4 aromatic rings. The summed E-state index contributed by atoms with van der Waals surface area (Å²) in [7, 11) is 1.38. The topological polar surface area (TPSA) is 234 Å². The van der Waals surface area contributed by atoms with Crippen LogP contribution in [0.15, 0.2) is 59.9 Å². The number of aliphatic hydroxyl groups excluding tert-OH is 1. The van der Waals surface area contributed by atoms with E-state index in [1.165, 1.54) is 45.5 Å². The van der Waals surface area contributed by atoms with Crippen molar-refractivity contribution < 1.29 is 52.3 Å². The zero-order chi connectivity index (χ0) is 41.9. The van der Waals surface area contributed by atoms with Crippen molar-refractivity contribution in [3.05, 3.63) is 77.6 Å². The Morgan fingerprint density at radius 2 is 1.68 bits per heavy atom. The standard InChI is InChI=1S/C38H47FN8O10/c1-22(2)57-33(50)38(6,7)32(49)55-21-56-35-45-31(46-47(35)34-41-14-9-15-42-34)29(26-18-25(52-8)19-27(28(26)39)53-17-16-48)43-24-12-10-23(11-13-24)30(40)44-36(51)54-20-37(3,4)5/h9-15,18-19,22,29,43,48H,16-17,20-21H2,1-8H3,(H2,40,44,51)/t29-/m1/s1. The van der Waals surface area contributed by atoms with Gasteiger partial charge < -0.3 is 44.6 Å². The Morgan fingerprint density at radius 3 is 2.30 bits per heavy atom. The second-order valence-electron chi connectivity index (χ2n) is 14.4. The van der Waals surface area contributed by atoms with Gasteiger partial charge in [0.25, 0.3) is 5.95 Å². The summed E-state index contributed by atoms with van der Waals surface area (Å²) in [6.07, 6.45) is 1.58. The third kappa shape index (κ3) is 11.8. The molecule has 18 nitrogen and oxygen atoms in total. The Labute approximate surface area is 328 Å². The van der Waals surface area contributed by atoms with Crippen LogP contribution in [0.3, 0.4) is 0 Å². The number of halogens is 1. The fourth-order valence-corrected chi connectivity index (χ4v) is 4.66. The first-order valence-corrected chi connectivity index (χ1v) is 17.7. The number of anilines is 1. The molecule has 0 aliphatic heterocycles. The van der Waals surface area contributed by atoms with Gasteiger partial charge >= 0.3 is 24.0 Å². The maximum atomic E-state index is 16.4. The molecule has 306 valence electrons. The number of methoxy groups -OCH3 is 1. The first-order chi connectivity index (χ1) is 26.9. The lowest BCUT2D eigenvalue weighted by molar-refractivity contribution is -0.175. The largest absolute Gasteiger partial charge is 0.497 e. The van der Waals surface area contributed by atoms with Gasteiger partial charge in [0.1, 0.15) is 24.2 Å². The Balaban J connectivity index is 1.74. The maximum Gasteiger partial charge on any atom is 0.435 e. The number of aliphatic hydroxyl groups is 1. The van der Waals surface area contributed by atoms with E-state index in [2.05, 4.69) is 30.4 Å². The van der Waals surface area contributed by atoms with Gasteiger partial charge in [-0.25, -0.2) is 19.2 Å². The van der Waals surface area contributed by atoms with Crippen molar-refractivity contribution in [2.45, 2.75) is 60.6 Å². The van der Waals surface area contributed by atoms with Crippen LogP contribution in [-0.4, -0.2) is 93.5 Å². The molecule has 1 atom stereocenters. The number of carbonyl (C=O) groups excluding carboxylic acids is 3. The van der Waals surface area contributed by atoms with E-state index in [0.717, 1.165) is 4.68 Å². The molecule has 0 unspecified atom stereocenters. The van der Waals surface area contributed by atoms with Gasteiger partial charge in [0, 0.05) is 35.3 Å². The van der Waals surface area contributed by atoms with E-state index in [1.54, 1.807) is 44.2 Å². The molecule has 4 rings (SSSR count). The second-order valence-corrected chi connectivity index (χ2v) is 14.4. The molecule has 2 heterocycles. The Kier molecular flexibility index (Phi) is 14.4. The van der Waals surface area contributed by atoms with E-state index in [1.807, 2.05) is 20.8 Å². The molecule has 2 aromatic heterocycles. The number of hydrogen-bond acceptors (Lipinski definition) is 15. The quantitative estimate of drug-likeness (QED) is 0.0333. The lowest BCUT2D eigenvalue weighted by Crippen LogP contribution is -2.38. The maximum absolute atomic E-state index is 16.4. The zero-order valence-corrected chi connectivity index (χ0v) is 32.9. The Bertz CT molecular complexity index is 2030. The third-order valence-electron chi connectivity index (χ3n) is 7.60. The highest BCUT2D eigenvalue weighted by molar-refractivity contribution is 6.03. The molecule has 1 amide bonds. The zero-order valence-electron chi connectivity index (χ0n) is 32.9. The van der Waals surface area contributed by atoms with Crippen molar-refractivity contribution in [3.63, 3.8) is 0 Å². The fraction of sp³-hybridized carbons (Fsp3) is 0.421. The minimum atomic E-state index is -1.66. The molecule has 19 heteroatoms. The molecular formula is C38H47FN8O10. The van der Waals surface area contributed by atoms with Crippen LogP contribution in [0.1, 0.15) is 71.5 Å². The van der Waals surface area contributed by atoms with Crippen LogP contribution >= 0.6 is 0 Å². The molecule has 0 spiro atoms. The van der Waals surface area contributed by atoms with Gasteiger partial charge in [0.15, 0.2) is 22.8 Å². The average molecular weight is 795 g/mol. The number of carbonyl (C=O) groups is 3. The number of nitrogens with zero attached hydrogens (tertiary/aromatic N) is 6. The summed E-state index contributed by atoms with van der Waals surface area (Å²) in [4.78, 5) is 54.5. The summed E-state index contributed by atoms with van der Waals surface area (Å²) in [5.41, 5.74) is 4.92. The number of rotatable bonds is 17. The third-order valence-corrected chi connectivity index (χ3v) is 7.60. The van der Waals surface area contributed by atoms with Crippen LogP contribution in [0, 0.1) is 16.6 Å². The molecule has 0 aliphatic carbocycles. The van der Waals surface area contributed by atoms with Gasteiger partial charge in [0.2, 0.25) is 6.79 Å². The van der Waals surface area contributed by atoms with Crippen LogP contribution in [0.25, 0.3) is 5.95 Å². The number of amidine groups is 1. The predicted molar refractivity (Wildman–Crippen MR) is 203 cm³/mol. The number of aromatic nitrogens is 5. The van der Waals surface area contributed by atoms with E-state index in [0.29, 0.717) is 11.3 Å². The summed E-state index contributed by atoms with van der Waals surface area (Å²) < 4.78 is 49.8. The number of ether oxygens (including phenoxy) is 6. The van der Waals surface area contributed by atoms with E-state index >= 15 is 4.39 Å². The molecule has 0 radical (unpaired) electrons. The minimum absolute atomic E-state index is 0.00427. The normalized spacial score (nSPS) is 12.4. The number of esters is 2. The highest BCUT2D eigenvalue weighted by atomic mass is 19.1. The fourth-order valence-electron chi connectivity index (χ4n) is 4.66. The van der Waals surface area contributed by atoms with Crippen LogP contribution < -0.4 is 25.3 Å². The number of benzene rings is 2. The monoisotopic (exact) mass is 794 g/mol. The van der Waals surface area contributed by atoms with Crippen molar-refractivity contribution >= 4 is 29.6 Å². The van der Waals surface area contributed by atoms with Gasteiger partial charge in [-0.15, -0.1) is 9.78 Å². The molecular weight excluding hydrogens is 747 g/mol. The smallest absolute Gasteiger partial charge is 0.435 e. The van der Waals surface area contributed by atoms with Crippen molar-refractivity contribution in [3.8, 4) is 23.5 Å². The lowest BCUT2D eigenvalue weighted by atomic mass is 9.94. The summed E-state index contributed by atoms with van der Waals surface area (Å²) in [6, 6.07) is 9.18. The van der Waals surface area contributed by atoms with E-state index in [9.17, 15) is 19.5 Å². The molecule has 4 N–H and O–H groups in total. The van der Waals surface area contributed by atoms with Crippen molar-refractivity contribution in [2.75, 3.05) is 39.0 Å². The predicted octanol–water partition coefficient (Wildman–Crippen LogP) is 4.52. The summed E-state index contributed by atoms with van der Waals surface area (Å²) in [5.74, 6) is -2.75. The highest BCUT2D eigenvalue weighted by Gasteiger charge is 2.40. The summed E-state index contributed by atoms with van der Waals surface area (Å²) in [6.45, 7) is 10.6. The molecule has 0 bridgehead atoms. The Hall–Kier alpha value is -6.37. The first kappa shape index (κ1) is 43.4. The number of nitrogens with one attached hydrogen (secondary N) is 1. The number of aliphatic imine (C=N–C) groups is 1. The number of hydrogen-bond donors (Lipinski definition) is 3. The number of nitrogens with two attached hydrogens (primary N) is 1. The average Bonchev–Trinajstić information content (AvgIpc) is 3.59. The van der Waals surface area contributed by atoms with E-state index in [-0.39, 0.29) is 65.9 Å². The van der Waals surface area contributed by atoms with Crippen molar-refractivity contribution in [2.24, 2.45) is 21.6 Å². The molecule has 0 saturated heterocycles. The first-order valence-electron chi connectivity index (χ1n) is 17.7. The van der Waals surface area contributed by atoms with Crippen molar-refractivity contribution in [1.82, 2.24) is 24.7 Å². The molecule has 57 heavy (non-hydrogen) atoms. The van der Waals surface area contributed by atoms with Gasteiger partial charge in [0.05, 0.1) is 26.4 Å². The van der Waals surface area contributed by atoms with Crippen LogP contribution in [-0.2, 0) is 23.8 Å². The van der Waals surface area contributed by atoms with Crippen molar-refractivity contribution in [1.29, 1.82) is 0 Å². The molecule has 2 aromatic carbocycles. The minimum Gasteiger partial charge on any atom is -0.497 e. The summed E-state index contributed by atoms with van der Waals surface area (Å²) in [5, 5.41) is 17.1. The van der Waals surface area contributed by atoms with Crippen LogP contribution in [0.5, 0.6) is 17.5 Å². The SMILES string of the molecule is COc1cc(OCCO)c(F)c([C@@H](Nc2ccc(/C(N)=N/C(=O)OCC(C)(C)C)cc2)c2nc(OCOC(=O)C(C)(C)C(=O)OC(C)C)n(-c3ncccn3)n2)c1. The second kappa shape index (κ2) is 19.0. The molecule has 0 aliphatic rings. The van der Waals surface area contributed by atoms with E-state index in [4.69, 9.17) is 34.2 Å².